The van der Waals surface area contributed by atoms with Crippen LogP contribution in [-0.4, -0.2) is 36.2 Å². The average molecular weight is 282 g/mol. The number of nitro benzene ring substituents is 1. The van der Waals surface area contributed by atoms with Crippen molar-refractivity contribution in [3.05, 3.63) is 28.3 Å². The second-order valence-electron chi connectivity index (χ2n) is 4.50. The summed E-state index contributed by atoms with van der Waals surface area (Å²) in [5, 5.41) is 19.8. The number of nitrogens with zero attached hydrogens (tertiary/aromatic N) is 2. The average Bonchev–Trinajstić information content (AvgIpc) is 2.38. The summed E-state index contributed by atoms with van der Waals surface area (Å²) in [4.78, 5) is 22.9. The van der Waals surface area contributed by atoms with E-state index >= 15 is 0 Å². The van der Waals surface area contributed by atoms with Crippen molar-refractivity contribution in [3.8, 4) is 5.75 Å². The predicted octanol–water partition coefficient (Wildman–Crippen LogP) is 2.15. The molecule has 0 saturated heterocycles. The Hall–Kier alpha value is -2.31. The Morgan fingerprint density at radius 3 is 2.65 bits per heavy atom. The minimum absolute atomic E-state index is 0.0826. The van der Waals surface area contributed by atoms with Crippen LogP contribution >= 0.6 is 0 Å². The van der Waals surface area contributed by atoms with Crippen LogP contribution in [0.4, 0.5) is 11.4 Å². The number of carboxylic acids is 1. The largest absolute Gasteiger partial charge is 0.494 e. The number of non-ortho nitro benzene ring substituents is 1. The molecule has 0 radical (unpaired) electrons. The number of ether oxygens (including phenoxy) is 1. The van der Waals surface area contributed by atoms with Gasteiger partial charge < -0.3 is 14.7 Å². The van der Waals surface area contributed by atoms with Gasteiger partial charge in [0.1, 0.15) is 5.75 Å². The van der Waals surface area contributed by atoms with Crippen molar-refractivity contribution in [1.82, 2.24) is 0 Å². The molecular weight excluding hydrogens is 264 g/mol. The summed E-state index contributed by atoms with van der Waals surface area (Å²) in [5.74, 6) is -1.09. The lowest BCUT2D eigenvalue weighted by molar-refractivity contribution is -0.384. The molecule has 1 aromatic carbocycles. The number of anilines is 1. The van der Waals surface area contributed by atoms with E-state index in [1.807, 2.05) is 0 Å². The lowest BCUT2D eigenvalue weighted by atomic mass is 10.1. The Morgan fingerprint density at radius 1 is 1.50 bits per heavy atom. The third-order valence-corrected chi connectivity index (χ3v) is 2.81. The van der Waals surface area contributed by atoms with Gasteiger partial charge in [0.25, 0.3) is 5.69 Å². The zero-order valence-corrected chi connectivity index (χ0v) is 11.7. The van der Waals surface area contributed by atoms with Gasteiger partial charge >= 0.3 is 5.97 Å². The van der Waals surface area contributed by atoms with Gasteiger partial charge in [0.2, 0.25) is 0 Å². The number of carboxylic acid groups (broad SMARTS) is 1. The summed E-state index contributed by atoms with van der Waals surface area (Å²) in [6.07, 6.45) is 0. The van der Waals surface area contributed by atoms with Crippen LogP contribution in [0.15, 0.2) is 18.2 Å². The van der Waals surface area contributed by atoms with E-state index in [2.05, 4.69) is 0 Å². The van der Waals surface area contributed by atoms with E-state index in [4.69, 9.17) is 9.84 Å². The molecular formula is C13H18N2O5. The quantitative estimate of drug-likeness (QED) is 0.608. The fourth-order valence-electron chi connectivity index (χ4n) is 1.74. The zero-order chi connectivity index (χ0) is 15.3. The Labute approximate surface area is 116 Å². The van der Waals surface area contributed by atoms with E-state index in [0.717, 1.165) is 0 Å². The van der Waals surface area contributed by atoms with Crippen LogP contribution in [-0.2, 0) is 4.79 Å². The van der Waals surface area contributed by atoms with Gasteiger partial charge in [0, 0.05) is 31.4 Å². The van der Waals surface area contributed by atoms with E-state index in [9.17, 15) is 14.9 Å². The molecule has 1 aromatic rings. The first-order valence-electron chi connectivity index (χ1n) is 6.21. The Kier molecular flexibility index (Phi) is 5.31. The van der Waals surface area contributed by atoms with E-state index < -0.39 is 16.8 Å². The lowest BCUT2D eigenvalue weighted by Gasteiger charge is -2.22. The molecule has 0 aliphatic heterocycles. The highest BCUT2D eigenvalue weighted by atomic mass is 16.6. The number of hydrogen-bond acceptors (Lipinski definition) is 5. The molecule has 110 valence electrons. The molecule has 1 N–H and O–H groups in total. The van der Waals surface area contributed by atoms with Crippen LogP contribution in [0, 0.1) is 16.0 Å². The number of carbonyl (C=O) groups is 1. The fourth-order valence-corrected chi connectivity index (χ4v) is 1.74. The standard InChI is InChI=1S/C13H18N2O5/c1-4-20-12-6-10(5-11(7-12)15(18)19)14(3)8-9(2)13(16)17/h5-7,9H,4,8H2,1-3H3,(H,16,17). The summed E-state index contributed by atoms with van der Waals surface area (Å²) in [6.45, 7) is 4.02. The first-order valence-corrected chi connectivity index (χ1v) is 6.21. The second-order valence-corrected chi connectivity index (χ2v) is 4.50. The molecule has 0 spiro atoms. The summed E-state index contributed by atoms with van der Waals surface area (Å²) in [7, 11) is 1.69. The van der Waals surface area contributed by atoms with Crippen molar-refractivity contribution >= 4 is 17.3 Å². The molecule has 0 saturated carbocycles. The van der Waals surface area contributed by atoms with E-state index in [0.29, 0.717) is 18.0 Å². The van der Waals surface area contributed by atoms with Crippen molar-refractivity contribution in [2.24, 2.45) is 5.92 Å². The van der Waals surface area contributed by atoms with Crippen molar-refractivity contribution < 1.29 is 19.6 Å². The molecule has 7 nitrogen and oxygen atoms in total. The lowest BCUT2D eigenvalue weighted by Crippen LogP contribution is -2.28. The van der Waals surface area contributed by atoms with E-state index in [1.54, 1.807) is 31.9 Å². The van der Waals surface area contributed by atoms with Crippen molar-refractivity contribution in [1.29, 1.82) is 0 Å². The van der Waals surface area contributed by atoms with Crippen LogP contribution in [0.1, 0.15) is 13.8 Å². The summed E-state index contributed by atoms with van der Waals surface area (Å²) in [6, 6.07) is 4.41. The predicted molar refractivity (Wildman–Crippen MR) is 74.3 cm³/mol. The molecule has 0 fully saturated rings. The van der Waals surface area contributed by atoms with Crippen molar-refractivity contribution in [2.75, 3.05) is 25.1 Å². The van der Waals surface area contributed by atoms with E-state index in [-0.39, 0.29) is 12.2 Å². The number of hydrogen-bond donors (Lipinski definition) is 1. The Balaban J connectivity index is 3.03. The van der Waals surface area contributed by atoms with Gasteiger partial charge in [-0.1, -0.05) is 6.92 Å². The minimum Gasteiger partial charge on any atom is -0.494 e. The Bertz CT molecular complexity index is 504. The fraction of sp³-hybridized carbons (Fsp3) is 0.462. The highest BCUT2D eigenvalue weighted by molar-refractivity contribution is 5.70. The zero-order valence-electron chi connectivity index (χ0n) is 11.7. The summed E-state index contributed by atoms with van der Waals surface area (Å²) < 4.78 is 5.29. The smallest absolute Gasteiger partial charge is 0.308 e. The first kappa shape index (κ1) is 15.7. The van der Waals surface area contributed by atoms with Gasteiger partial charge in [0.15, 0.2) is 0 Å². The molecule has 7 heteroatoms. The van der Waals surface area contributed by atoms with Gasteiger partial charge in [-0.2, -0.15) is 0 Å². The Morgan fingerprint density at radius 2 is 2.15 bits per heavy atom. The minimum atomic E-state index is -0.910. The molecule has 0 heterocycles. The molecule has 0 aliphatic rings. The maximum atomic E-state index is 10.9. The molecule has 20 heavy (non-hydrogen) atoms. The van der Waals surface area contributed by atoms with Crippen LogP contribution in [0.2, 0.25) is 0 Å². The molecule has 0 bridgehead atoms. The normalized spacial score (nSPS) is 11.8. The number of aliphatic carboxylic acids is 1. The van der Waals surface area contributed by atoms with Gasteiger partial charge in [-0.25, -0.2) is 0 Å². The number of nitro groups is 1. The summed E-state index contributed by atoms with van der Waals surface area (Å²) >= 11 is 0. The topological polar surface area (TPSA) is 92.9 Å². The highest BCUT2D eigenvalue weighted by Crippen LogP contribution is 2.28. The maximum Gasteiger partial charge on any atom is 0.308 e. The second kappa shape index (κ2) is 6.74. The van der Waals surface area contributed by atoms with Gasteiger partial charge in [-0.15, -0.1) is 0 Å². The van der Waals surface area contributed by atoms with Crippen LogP contribution in [0.25, 0.3) is 0 Å². The maximum absolute atomic E-state index is 10.9. The molecule has 1 unspecified atom stereocenters. The molecule has 0 aromatic heterocycles. The van der Waals surface area contributed by atoms with Gasteiger partial charge in [0.05, 0.1) is 23.5 Å². The van der Waals surface area contributed by atoms with Crippen molar-refractivity contribution in [3.63, 3.8) is 0 Å². The van der Waals surface area contributed by atoms with Gasteiger partial charge in [-0.05, 0) is 6.92 Å². The van der Waals surface area contributed by atoms with E-state index in [1.165, 1.54) is 12.1 Å². The number of rotatable bonds is 7. The molecule has 0 amide bonds. The first-order chi connectivity index (χ1) is 9.35. The number of benzene rings is 1. The highest BCUT2D eigenvalue weighted by Gasteiger charge is 2.17. The van der Waals surface area contributed by atoms with Gasteiger partial charge in [-0.3, -0.25) is 14.9 Å². The summed E-state index contributed by atoms with van der Waals surface area (Å²) in [5.41, 5.74) is 0.469. The van der Waals surface area contributed by atoms with Crippen LogP contribution in [0.3, 0.4) is 0 Å². The third-order valence-electron chi connectivity index (χ3n) is 2.81. The van der Waals surface area contributed by atoms with Crippen LogP contribution in [0.5, 0.6) is 5.75 Å². The molecule has 1 rings (SSSR count). The molecule has 0 aliphatic carbocycles. The third kappa shape index (κ3) is 4.11. The SMILES string of the molecule is CCOc1cc(N(C)CC(C)C(=O)O)cc([N+](=O)[O-])c1. The molecule has 1 atom stereocenters. The van der Waals surface area contributed by atoms with Crippen LogP contribution < -0.4 is 9.64 Å². The van der Waals surface area contributed by atoms with Crippen molar-refractivity contribution in [2.45, 2.75) is 13.8 Å². The monoisotopic (exact) mass is 282 g/mol.